The fourth-order valence-electron chi connectivity index (χ4n) is 1.96. The van der Waals surface area contributed by atoms with E-state index in [1.807, 2.05) is 0 Å². The van der Waals surface area contributed by atoms with E-state index in [0.29, 0.717) is 22.6 Å². The average Bonchev–Trinajstić information content (AvgIpc) is 2.53. The van der Waals surface area contributed by atoms with Crippen molar-refractivity contribution in [3.05, 3.63) is 63.7 Å². The highest BCUT2D eigenvalue weighted by molar-refractivity contribution is 6.11. The Morgan fingerprint density at radius 2 is 1.71 bits per heavy atom. The highest BCUT2D eigenvalue weighted by atomic mass is 16.6. The van der Waals surface area contributed by atoms with E-state index in [1.54, 1.807) is 18.2 Å². The predicted octanol–water partition coefficient (Wildman–Crippen LogP) is 2.84. The fourth-order valence-corrected chi connectivity index (χ4v) is 1.96. The van der Waals surface area contributed by atoms with E-state index in [4.69, 9.17) is 9.47 Å². The van der Waals surface area contributed by atoms with Crippen molar-refractivity contribution in [3.8, 4) is 11.5 Å². The van der Waals surface area contributed by atoms with Crippen molar-refractivity contribution in [2.45, 2.75) is 0 Å². The maximum atomic E-state index is 12.5. The molecule has 0 fully saturated rings. The topological polar surface area (TPSA) is 78.7 Å². The number of ether oxygens (including phenoxy) is 2. The molecule has 0 atom stereocenters. The van der Waals surface area contributed by atoms with Crippen LogP contribution >= 0.6 is 0 Å². The zero-order valence-electron chi connectivity index (χ0n) is 11.5. The molecule has 0 N–H and O–H groups in total. The number of benzene rings is 2. The molecule has 0 bridgehead atoms. The number of nitrogens with zero attached hydrogens (tertiary/aromatic N) is 1. The van der Waals surface area contributed by atoms with Crippen LogP contribution in [0.3, 0.4) is 0 Å². The van der Waals surface area contributed by atoms with Gasteiger partial charge in [-0.1, -0.05) is 6.07 Å². The number of hydrogen-bond acceptors (Lipinski definition) is 5. The standard InChI is InChI=1S/C15H13NO5/c1-20-13-5-3-4-12(15(13)21-2)14(17)10-6-8-11(9-7-10)16(18)19/h3-9H,1-2H3. The SMILES string of the molecule is COc1cccc(C(=O)c2ccc([N+](=O)[O-])cc2)c1OC. The Morgan fingerprint density at radius 1 is 1.05 bits per heavy atom. The van der Waals surface area contributed by atoms with Crippen LogP contribution < -0.4 is 9.47 Å². The number of hydrogen-bond donors (Lipinski definition) is 0. The van der Waals surface area contributed by atoms with Gasteiger partial charge in [-0.05, 0) is 24.3 Å². The van der Waals surface area contributed by atoms with Gasteiger partial charge in [0.1, 0.15) is 0 Å². The van der Waals surface area contributed by atoms with Crippen LogP contribution in [0.5, 0.6) is 11.5 Å². The van der Waals surface area contributed by atoms with Crippen molar-refractivity contribution < 1.29 is 19.2 Å². The van der Waals surface area contributed by atoms with Crippen molar-refractivity contribution >= 4 is 11.5 Å². The maximum Gasteiger partial charge on any atom is 0.269 e. The second kappa shape index (κ2) is 6.04. The van der Waals surface area contributed by atoms with Crippen molar-refractivity contribution in [2.24, 2.45) is 0 Å². The number of methoxy groups -OCH3 is 2. The number of non-ortho nitro benzene ring substituents is 1. The van der Waals surface area contributed by atoms with E-state index in [9.17, 15) is 14.9 Å². The van der Waals surface area contributed by atoms with Gasteiger partial charge in [0.25, 0.3) is 5.69 Å². The summed E-state index contributed by atoms with van der Waals surface area (Å²) in [4.78, 5) is 22.6. The van der Waals surface area contributed by atoms with E-state index in [1.165, 1.54) is 38.5 Å². The van der Waals surface area contributed by atoms with Crippen LogP contribution in [0.1, 0.15) is 15.9 Å². The summed E-state index contributed by atoms with van der Waals surface area (Å²) in [5.74, 6) is 0.495. The van der Waals surface area contributed by atoms with Gasteiger partial charge in [-0.3, -0.25) is 14.9 Å². The summed E-state index contributed by atoms with van der Waals surface area (Å²) in [7, 11) is 2.93. The van der Waals surface area contributed by atoms with E-state index in [0.717, 1.165) is 0 Å². The Hall–Kier alpha value is -2.89. The lowest BCUT2D eigenvalue weighted by Crippen LogP contribution is -2.05. The van der Waals surface area contributed by atoms with Gasteiger partial charge in [-0.25, -0.2) is 0 Å². The van der Waals surface area contributed by atoms with Crippen LogP contribution in [-0.4, -0.2) is 24.9 Å². The molecule has 0 saturated heterocycles. The normalized spacial score (nSPS) is 10.0. The van der Waals surface area contributed by atoms with Crippen LogP contribution in [-0.2, 0) is 0 Å². The molecule has 2 aromatic rings. The second-order valence-corrected chi connectivity index (χ2v) is 4.17. The molecule has 6 heteroatoms. The minimum Gasteiger partial charge on any atom is -0.493 e. The molecule has 0 aromatic heterocycles. The molecule has 6 nitrogen and oxygen atoms in total. The number of rotatable bonds is 5. The monoisotopic (exact) mass is 287 g/mol. The molecule has 0 radical (unpaired) electrons. The number of ketones is 1. The zero-order chi connectivity index (χ0) is 15.4. The summed E-state index contributed by atoms with van der Waals surface area (Å²) < 4.78 is 10.4. The molecule has 0 unspecified atom stereocenters. The number of nitro benzene ring substituents is 1. The smallest absolute Gasteiger partial charge is 0.269 e. The van der Waals surface area contributed by atoms with Crippen LogP contribution in [0.2, 0.25) is 0 Å². The quantitative estimate of drug-likeness (QED) is 0.480. The highest BCUT2D eigenvalue weighted by Crippen LogP contribution is 2.32. The van der Waals surface area contributed by atoms with Gasteiger partial charge in [0.15, 0.2) is 17.3 Å². The van der Waals surface area contributed by atoms with Crippen molar-refractivity contribution in [3.63, 3.8) is 0 Å². The molecular formula is C15H13NO5. The zero-order valence-corrected chi connectivity index (χ0v) is 11.5. The third-order valence-electron chi connectivity index (χ3n) is 2.99. The third kappa shape index (κ3) is 2.84. The lowest BCUT2D eigenvalue weighted by atomic mass is 10.0. The van der Waals surface area contributed by atoms with Gasteiger partial charge in [-0.15, -0.1) is 0 Å². The highest BCUT2D eigenvalue weighted by Gasteiger charge is 2.18. The van der Waals surface area contributed by atoms with E-state index < -0.39 is 4.92 Å². The Labute approximate surface area is 121 Å². The molecule has 0 aliphatic carbocycles. The first-order valence-corrected chi connectivity index (χ1v) is 6.08. The molecule has 2 rings (SSSR count). The fraction of sp³-hybridized carbons (Fsp3) is 0.133. The van der Waals surface area contributed by atoms with Crippen LogP contribution in [0.4, 0.5) is 5.69 Å². The molecule has 2 aromatic carbocycles. The number of carbonyl (C=O) groups excluding carboxylic acids is 1. The van der Waals surface area contributed by atoms with Gasteiger partial charge in [0.05, 0.1) is 24.7 Å². The summed E-state index contributed by atoms with van der Waals surface area (Å²) in [6.45, 7) is 0. The van der Waals surface area contributed by atoms with Crippen molar-refractivity contribution in [1.29, 1.82) is 0 Å². The van der Waals surface area contributed by atoms with E-state index in [-0.39, 0.29) is 11.5 Å². The van der Waals surface area contributed by atoms with Gasteiger partial charge in [0.2, 0.25) is 0 Å². The largest absolute Gasteiger partial charge is 0.493 e. The van der Waals surface area contributed by atoms with Crippen molar-refractivity contribution in [1.82, 2.24) is 0 Å². The van der Waals surface area contributed by atoms with E-state index in [2.05, 4.69) is 0 Å². The lowest BCUT2D eigenvalue weighted by Gasteiger charge is -2.11. The Morgan fingerprint density at radius 3 is 2.24 bits per heavy atom. The predicted molar refractivity (Wildman–Crippen MR) is 76.1 cm³/mol. The lowest BCUT2D eigenvalue weighted by molar-refractivity contribution is -0.384. The molecular weight excluding hydrogens is 274 g/mol. The van der Waals surface area contributed by atoms with Gasteiger partial charge < -0.3 is 9.47 Å². The average molecular weight is 287 g/mol. The Kier molecular flexibility index (Phi) is 4.18. The minimum absolute atomic E-state index is 0.0656. The third-order valence-corrected chi connectivity index (χ3v) is 2.99. The summed E-state index contributed by atoms with van der Waals surface area (Å²) in [5.41, 5.74) is 0.613. The van der Waals surface area contributed by atoms with Gasteiger partial charge in [0, 0.05) is 17.7 Å². The number of para-hydroxylation sites is 1. The van der Waals surface area contributed by atoms with E-state index >= 15 is 0 Å². The first-order chi connectivity index (χ1) is 10.1. The molecule has 0 saturated carbocycles. The summed E-state index contributed by atoms with van der Waals surface area (Å²) >= 11 is 0. The summed E-state index contributed by atoms with van der Waals surface area (Å²) in [6.07, 6.45) is 0. The molecule has 108 valence electrons. The molecule has 0 aliphatic rings. The molecule has 0 aliphatic heterocycles. The first kappa shape index (κ1) is 14.5. The van der Waals surface area contributed by atoms with Crippen molar-refractivity contribution in [2.75, 3.05) is 14.2 Å². The maximum absolute atomic E-state index is 12.5. The number of nitro groups is 1. The summed E-state index contributed by atoms with van der Waals surface area (Å²) in [6, 6.07) is 10.4. The number of carbonyl (C=O) groups is 1. The second-order valence-electron chi connectivity index (χ2n) is 4.17. The molecule has 0 spiro atoms. The van der Waals surface area contributed by atoms with Crippen LogP contribution in [0, 0.1) is 10.1 Å². The van der Waals surface area contributed by atoms with Gasteiger partial charge in [-0.2, -0.15) is 0 Å². The molecule has 0 heterocycles. The molecule has 21 heavy (non-hydrogen) atoms. The first-order valence-electron chi connectivity index (χ1n) is 6.08. The minimum atomic E-state index is -0.514. The van der Waals surface area contributed by atoms with Gasteiger partial charge >= 0.3 is 0 Å². The molecule has 0 amide bonds. The Bertz CT molecular complexity index is 679. The van der Waals surface area contributed by atoms with Crippen LogP contribution in [0.25, 0.3) is 0 Å². The summed E-state index contributed by atoms with van der Waals surface area (Å²) in [5, 5.41) is 10.6. The van der Waals surface area contributed by atoms with Crippen LogP contribution in [0.15, 0.2) is 42.5 Å². The Balaban J connectivity index is 2.42.